The first-order valence-corrected chi connectivity index (χ1v) is 26.9. The van der Waals surface area contributed by atoms with Gasteiger partial charge in [-0.2, -0.15) is 0 Å². The maximum atomic E-state index is 15.7. The number of amides is 5. The molecule has 0 bridgehead atoms. The van der Waals surface area contributed by atoms with Gasteiger partial charge in [0.25, 0.3) is 0 Å². The van der Waals surface area contributed by atoms with Crippen LogP contribution in [0.5, 0.6) is 5.75 Å². The van der Waals surface area contributed by atoms with Gasteiger partial charge in [-0.3, -0.25) is 28.8 Å². The van der Waals surface area contributed by atoms with Crippen molar-refractivity contribution in [2.24, 2.45) is 11.8 Å². The quantitative estimate of drug-likeness (QED) is 0.101. The van der Waals surface area contributed by atoms with E-state index in [1.807, 2.05) is 140 Å². The number of para-hydroxylation sites is 1. The number of aromatic nitrogens is 1. The molecule has 4 aliphatic heterocycles. The Labute approximate surface area is 443 Å². The summed E-state index contributed by atoms with van der Waals surface area (Å²) in [4.78, 5) is 97.7. The van der Waals surface area contributed by atoms with Crippen LogP contribution in [0.2, 0.25) is 0 Å². The van der Waals surface area contributed by atoms with Crippen LogP contribution >= 0.6 is 0 Å². The van der Waals surface area contributed by atoms with Gasteiger partial charge < -0.3 is 45.5 Å². The standard InChI is InChI=1S/C61H67N7O8/c69-56-35-46(31-42-25-27-62-28-26-42)57(70)66-53(32-41-19-22-48(23-20-41)76-38-43-13-5-2-6-14-43)60(73)68-37-45-16-8-7-15-44(45)34-54(68)61(74)67-29-30-75-39-55(67)59(72)64-51(24-21-40-11-3-1-4-12-40)58(71)65-52(56)33-47-36-63-50-18-10-9-17-49(47)50/h1-20,22-23,36,42,46,51-55,62-63H,21,24-35,37-39H2,(H,64,72)(H,65,71)(H,66,70)/t46-,51+,52-,53+,54+,55+/m1/s1. The predicted molar refractivity (Wildman–Crippen MR) is 288 cm³/mol. The van der Waals surface area contributed by atoms with Crippen molar-refractivity contribution in [1.82, 2.24) is 36.1 Å². The molecule has 4 aliphatic rings. The van der Waals surface area contributed by atoms with E-state index in [-0.39, 0.29) is 70.1 Å². The molecule has 76 heavy (non-hydrogen) atoms. The third-order valence-corrected chi connectivity index (χ3v) is 15.7. The van der Waals surface area contributed by atoms with Gasteiger partial charge >= 0.3 is 0 Å². The van der Waals surface area contributed by atoms with E-state index in [9.17, 15) is 9.59 Å². The van der Waals surface area contributed by atoms with Crippen molar-refractivity contribution < 1.29 is 38.2 Å². The fourth-order valence-corrected chi connectivity index (χ4v) is 11.4. The van der Waals surface area contributed by atoms with Crippen molar-refractivity contribution in [3.8, 4) is 5.75 Å². The summed E-state index contributed by atoms with van der Waals surface area (Å²) in [6.07, 6.45) is 4.57. The number of morpholine rings is 1. The van der Waals surface area contributed by atoms with Gasteiger partial charge in [-0.1, -0.05) is 115 Å². The van der Waals surface area contributed by atoms with E-state index >= 15 is 19.2 Å². The Balaban J connectivity index is 1.03. The fourth-order valence-electron chi connectivity index (χ4n) is 11.4. The molecule has 1 aromatic heterocycles. The van der Waals surface area contributed by atoms with Crippen LogP contribution in [-0.4, -0.2) is 113 Å². The van der Waals surface area contributed by atoms with Crippen LogP contribution in [-0.2, 0) is 72.3 Å². The van der Waals surface area contributed by atoms with E-state index in [1.165, 1.54) is 4.90 Å². The number of hydrogen-bond acceptors (Lipinski definition) is 9. The lowest BCUT2D eigenvalue weighted by atomic mass is 9.83. The van der Waals surface area contributed by atoms with Gasteiger partial charge in [0.05, 0.1) is 19.3 Å². The van der Waals surface area contributed by atoms with Crippen molar-refractivity contribution >= 4 is 46.2 Å². The van der Waals surface area contributed by atoms with E-state index in [0.717, 1.165) is 70.2 Å². The van der Waals surface area contributed by atoms with Crippen LogP contribution < -0.4 is 26.0 Å². The molecule has 0 saturated carbocycles. The zero-order valence-corrected chi connectivity index (χ0v) is 42.8. The molecule has 0 radical (unpaired) electrons. The number of nitrogens with one attached hydrogen (secondary N) is 5. The minimum absolute atomic E-state index is 0.0659. The molecule has 0 spiro atoms. The Kier molecular flexibility index (Phi) is 16.6. The van der Waals surface area contributed by atoms with Crippen LogP contribution in [0, 0.1) is 11.8 Å². The molecule has 5 heterocycles. The van der Waals surface area contributed by atoms with E-state index in [0.29, 0.717) is 25.2 Å². The molecule has 6 aromatic rings. The lowest BCUT2D eigenvalue weighted by molar-refractivity contribution is -0.157. The Morgan fingerprint density at radius 1 is 0.592 bits per heavy atom. The van der Waals surface area contributed by atoms with Crippen LogP contribution in [0.15, 0.2) is 140 Å². The minimum Gasteiger partial charge on any atom is -0.489 e. The first-order chi connectivity index (χ1) is 37.1. The maximum absolute atomic E-state index is 15.7. The highest BCUT2D eigenvalue weighted by atomic mass is 16.5. The molecule has 0 aliphatic carbocycles. The maximum Gasteiger partial charge on any atom is 0.246 e. The number of nitrogens with zero attached hydrogens (tertiary/aromatic N) is 2. The van der Waals surface area contributed by atoms with Crippen molar-refractivity contribution in [2.75, 3.05) is 32.8 Å². The van der Waals surface area contributed by atoms with Crippen molar-refractivity contribution in [3.05, 3.63) is 173 Å². The highest BCUT2D eigenvalue weighted by molar-refractivity contribution is 5.99. The zero-order chi connectivity index (χ0) is 52.4. The average molecular weight is 1030 g/mol. The predicted octanol–water partition coefficient (Wildman–Crippen LogP) is 5.78. The van der Waals surface area contributed by atoms with E-state index < -0.39 is 65.7 Å². The normalized spacial score (nSPS) is 23.3. The molecular formula is C61H67N7O8. The molecule has 394 valence electrons. The number of aromatic amines is 1. The SMILES string of the molecule is O=C1N[C@@H](Cc2ccc(OCc3ccccc3)cc2)C(=O)N2Cc3ccccc3C[C@H]2C(=O)N2CCOC[C@H]2C(=O)N[C@@H](CCc2ccccc2)C(=O)N[C@H](Cc2c[nH]c3ccccc23)C(=O)C[C@H]1CC1CCNCC1. The number of benzene rings is 5. The summed E-state index contributed by atoms with van der Waals surface area (Å²) >= 11 is 0. The van der Waals surface area contributed by atoms with Gasteiger partial charge in [0.1, 0.15) is 36.5 Å². The highest BCUT2D eigenvalue weighted by Gasteiger charge is 2.45. The number of carbonyl (C=O) groups is 6. The highest BCUT2D eigenvalue weighted by Crippen LogP contribution is 2.30. The summed E-state index contributed by atoms with van der Waals surface area (Å²) in [7, 11) is 0. The van der Waals surface area contributed by atoms with Gasteiger partial charge in [-0.05, 0) is 103 Å². The van der Waals surface area contributed by atoms with Crippen molar-refractivity contribution in [2.45, 2.75) is 101 Å². The molecule has 5 aromatic carbocycles. The van der Waals surface area contributed by atoms with Crippen molar-refractivity contribution in [3.63, 3.8) is 0 Å². The number of aryl methyl sites for hydroxylation is 1. The van der Waals surface area contributed by atoms with Gasteiger partial charge in [0, 0.05) is 61.8 Å². The molecule has 15 nitrogen and oxygen atoms in total. The van der Waals surface area contributed by atoms with Crippen LogP contribution in [0.1, 0.15) is 65.5 Å². The van der Waals surface area contributed by atoms with Crippen LogP contribution in [0.4, 0.5) is 0 Å². The van der Waals surface area contributed by atoms with E-state index in [2.05, 4.69) is 26.3 Å². The first kappa shape index (κ1) is 51.8. The Bertz CT molecular complexity index is 3000. The number of Topliss-reactive ketones (excluding diaryl/α,β-unsaturated/α-hetero) is 1. The fraction of sp³-hybridized carbons (Fsp3) is 0.377. The topological polar surface area (TPSA) is 191 Å². The second kappa shape index (κ2) is 24.4. The summed E-state index contributed by atoms with van der Waals surface area (Å²) < 4.78 is 12.0. The van der Waals surface area contributed by atoms with E-state index in [1.54, 1.807) is 4.90 Å². The largest absolute Gasteiger partial charge is 0.489 e. The number of H-pyrrole nitrogens is 1. The number of carbonyl (C=O) groups excluding carboxylic acids is 6. The third kappa shape index (κ3) is 12.5. The first-order valence-electron chi connectivity index (χ1n) is 26.9. The zero-order valence-electron chi connectivity index (χ0n) is 42.8. The minimum atomic E-state index is -1.16. The Morgan fingerprint density at radius 2 is 1.28 bits per heavy atom. The summed E-state index contributed by atoms with van der Waals surface area (Å²) in [6, 6.07) is 36.7. The second-order valence-electron chi connectivity index (χ2n) is 20.8. The van der Waals surface area contributed by atoms with Crippen LogP contribution in [0.25, 0.3) is 10.9 Å². The van der Waals surface area contributed by atoms with Gasteiger partial charge in [-0.25, -0.2) is 0 Å². The number of piperidine rings is 1. The van der Waals surface area contributed by atoms with E-state index in [4.69, 9.17) is 9.47 Å². The van der Waals surface area contributed by atoms with Crippen molar-refractivity contribution in [1.29, 1.82) is 0 Å². The van der Waals surface area contributed by atoms with Gasteiger partial charge in [0.2, 0.25) is 29.5 Å². The number of ketones is 1. The molecular weight excluding hydrogens is 959 g/mol. The molecule has 0 unspecified atom stereocenters. The molecule has 5 N–H and O–H groups in total. The lowest BCUT2D eigenvalue weighted by Gasteiger charge is -2.43. The smallest absolute Gasteiger partial charge is 0.246 e. The number of ether oxygens (including phenoxy) is 2. The third-order valence-electron chi connectivity index (χ3n) is 15.7. The lowest BCUT2D eigenvalue weighted by Crippen LogP contribution is -2.64. The summed E-state index contributed by atoms with van der Waals surface area (Å²) in [5.41, 5.74) is 6.14. The molecule has 3 saturated heterocycles. The molecule has 5 amide bonds. The number of hydrogen-bond donors (Lipinski definition) is 5. The monoisotopic (exact) mass is 1030 g/mol. The molecule has 15 heteroatoms. The molecule has 10 rings (SSSR count). The Hall–Kier alpha value is -7.62. The molecule has 6 atom stereocenters. The summed E-state index contributed by atoms with van der Waals surface area (Å²) in [5.74, 6) is -2.96. The average Bonchev–Trinajstić information content (AvgIpc) is 3.89. The number of rotatable bonds is 12. The molecule has 3 fully saturated rings. The second-order valence-corrected chi connectivity index (χ2v) is 20.8. The number of fused-ring (bicyclic) bond motifs is 4. The summed E-state index contributed by atoms with van der Waals surface area (Å²) in [6.45, 7) is 2.08. The Morgan fingerprint density at radius 3 is 2.05 bits per heavy atom. The van der Waals surface area contributed by atoms with Gasteiger partial charge in [0.15, 0.2) is 5.78 Å². The van der Waals surface area contributed by atoms with Gasteiger partial charge in [-0.15, -0.1) is 0 Å². The van der Waals surface area contributed by atoms with Crippen LogP contribution in [0.3, 0.4) is 0 Å². The summed E-state index contributed by atoms with van der Waals surface area (Å²) in [5, 5.41) is 13.6.